The van der Waals surface area contributed by atoms with Crippen molar-refractivity contribution in [3.05, 3.63) is 0 Å². The molecule has 1 amide bonds. The van der Waals surface area contributed by atoms with Gasteiger partial charge in [-0.1, -0.05) is 39.5 Å². The zero-order valence-electron chi connectivity index (χ0n) is 10.7. The molecule has 3 heteroatoms. The molecule has 0 aromatic heterocycles. The number of hydrogen-bond acceptors (Lipinski definition) is 2. The van der Waals surface area contributed by atoms with Gasteiger partial charge in [-0.3, -0.25) is 0 Å². The number of alkyl carbamates (subject to hydrolysis) is 1. The van der Waals surface area contributed by atoms with Crippen molar-refractivity contribution in [2.45, 2.75) is 70.8 Å². The fourth-order valence-electron chi connectivity index (χ4n) is 2.48. The van der Waals surface area contributed by atoms with E-state index in [1.807, 2.05) is 0 Å². The van der Waals surface area contributed by atoms with Crippen molar-refractivity contribution >= 4 is 6.09 Å². The molecule has 3 nitrogen and oxygen atoms in total. The monoisotopic (exact) mass is 227 g/mol. The lowest BCUT2D eigenvalue weighted by molar-refractivity contribution is -0.0272. The van der Waals surface area contributed by atoms with Crippen molar-refractivity contribution in [1.29, 1.82) is 0 Å². The van der Waals surface area contributed by atoms with E-state index in [1.165, 1.54) is 25.7 Å². The third-order valence-corrected chi connectivity index (χ3v) is 3.35. The zero-order valence-corrected chi connectivity index (χ0v) is 10.7. The summed E-state index contributed by atoms with van der Waals surface area (Å²) < 4.78 is 5.54. The van der Waals surface area contributed by atoms with Gasteiger partial charge in [-0.2, -0.15) is 0 Å². The Balaban J connectivity index is 2.41. The van der Waals surface area contributed by atoms with Crippen LogP contribution in [-0.2, 0) is 4.74 Å². The second-order valence-corrected chi connectivity index (χ2v) is 4.81. The molecule has 1 N–H and O–H groups in total. The molecule has 1 atom stereocenters. The van der Waals surface area contributed by atoms with Gasteiger partial charge in [-0.05, 0) is 19.3 Å². The molecule has 0 spiro atoms. The van der Waals surface area contributed by atoms with Gasteiger partial charge in [0.2, 0.25) is 0 Å². The van der Waals surface area contributed by atoms with Crippen LogP contribution in [0.2, 0.25) is 0 Å². The molecule has 1 fully saturated rings. The number of carbonyl (C=O) groups is 1. The largest absolute Gasteiger partial charge is 0.443 e. The highest BCUT2D eigenvalue weighted by molar-refractivity contribution is 5.68. The maximum atomic E-state index is 11.3. The molecular weight excluding hydrogens is 202 g/mol. The average Bonchev–Trinajstić information content (AvgIpc) is 2.25. The molecule has 0 bridgehead atoms. The van der Waals surface area contributed by atoms with Crippen LogP contribution >= 0.6 is 0 Å². The molecular formula is C13H25NO2. The van der Waals surface area contributed by atoms with Crippen LogP contribution in [0, 0.1) is 0 Å². The summed E-state index contributed by atoms with van der Waals surface area (Å²) in [6, 6.07) is 0. The molecule has 0 radical (unpaired) electrons. The number of hydrogen-bond donors (Lipinski definition) is 1. The Kier molecular flexibility index (Phi) is 5.64. The smallest absolute Gasteiger partial charge is 0.407 e. The molecule has 0 saturated carbocycles. The first-order valence-electron chi connectivity index (χ1n) is 6.69. The van der Waals surface area contributed by atoms with Crippen LogP contribution in [0.4, 0.5) is 4.79 Å². The molecule has 1 heterocycles. The Morgan fingerprint density at radius 1 is 1.19 bits per heavy atom. The van der Waals surface area contributed by atoms with Crippen molar-refractivity contribution < 1.29 is 9.53 Å². The number of ether oxygens (including phenoxy) is 1. The maximum absolute atomic E-state index is 11.3. The van der Waals surface area contributed by atoms with E-state index in [0.29, 0.717) is 0 Å². The summed E-state index contributed by atoms with van der Waals surface area (Å²) in [4.78, 5) is 11.3. The second-order valence-electron chi connectivity index (χ2n) is 4.81. The Hall–Kier alpha value is -0.730. The lowest BCUT2D eigenvalue weighted by atomic mass is 9.87. The van der Waals surface area contributed by atoms with E-state index in [0.717, 1.165) is 32.2 Å². The van der Waals surface area contributed by atoms with Crippen LogP contribution in [0.15, 0.2) is 0 Å². The van der Waals surface area contributed by atoms with Crippen molar-refractivity contribution in [2.24, 2.45) is 0 Å². The number of carbonyl (C=O) groups excluding carboxylic acids is 1. The van der Waals surface area contributed by atoms with Crippen LogP contribution in [0.3, 0.4) is 0 Å². The minimum Gasteiger partial charge on any atom is -0.443 e. The van der Waals surface area contributed by atoms with Gasteiger partial charge in [0.25, 0.3) is 0 Å². The van der Waals surface area contributed by atoms with E-state index < -0.39 is 0 Å². The van der Waals surface area contributed by atoms with Crippen molar-refractivity contribution in [2.75, 3.05) is 6.54 Å². The number of nitrogens with one attached hydrogen (secondary N) is 1. The lowest BCUT2D eigenvalue weighted by Crippen LogP contribution is -2.47. The molecule has 1 aliphatic heterocycles. The summed E-state index contributed by atoms with van der Waals surface area (Å²) in [5, 5.41) is 2.74. The third kappa shape index (κ3) is 4.03. The average molecular weight is 227 g/mol. The predicted octanol–water partition coefficient (Wildman–Crippen LogP) is 3.63. The molecule has 1 saturated heterocycles. The Morgan fingerprint density at radius 3 is 2.62 bits per heavy atom. The molecule has 1 aliphatic rings. The summed E-state index contributed by atoms with van der Waals surface area (Å²) in [6.07, 6.45) is 8.85. The van der Waals surface area contributed by atoms with Crippen LogP contribution < -0.4 is 5.32 Å². The highest BCUT2D eigenvalue weighted by Gasteiger charge is 2.35. The summed E-state index contributed by atoms with van der Waals surface area (Å²) in [5.74, 6) is 0. The van der Waals surface area contributed by atoms with Crippen LogP contribution in [0.1, 0.15) is 65.2 Å². The van der Waals surface area contributed by atoms with Crippen molar-refractivity contribution in [1.82, 2.24) is 5.32 Å². The van der Waals surface area contributed by atoms with Gasteiger partial charge in [-0.25, -0.2) is 4.79 Å². The van der Waals surface area contributed by atoms with E-state index in [9.17, 15) is 4.79 Å². The second kappa shape index (κ2) is 6.77. The minimum atomic E-state index is -0.227. The SMILES string of the molecule is CCCCCCC1(CCC)CCNC(=O)O1. The fraction of sp³-hybridized carbons (Fsp3) is 0.923. The quantitative estimate of drug-likeness (QED) is 0.674. The molecule has 16 heavy (non-hydrogen) atoms. The maximum Gasteiger partial charge on any atom is 0.407 e. The lowest BCUT2D eigenvalue weighted by Gasteiger charge is -2.37. The molecule has 94 valence electrons. The Morgan fingerprint density at radius 2 is 2.00 bits per heavy atom. The third-order valence-electron chi connectivity index (χ3n) is 3.35. The number of amides is 1. The van der Waals surface area contributed by atoms with Gasteiger partial charge in [-0.15, -0.1) is 0 Å². The molecule has 0 aromatic carbocycles. The number of unbranched alkanes of at least 4 members (excludes halogenated alkanes) is 3. The van der Waals surface area contributed by atoms with Crippen LogP contribution in [0.5, 0.6) is 0 Å². The zero-order chi connectivity index (χ0) is 11.9. The molecule has 1 rings (SSSR count). The first kappa shape index (κ1) is 13.3. The van der Waals surface area contributed by atoms with Crippen LogP contribution in [0.25, 0.3) is 0 Å². The van der Waals surface area contributed by atoms with Crippen molar-refractivity contribution in [3.63, 3.8) is 0 Å². The first-order chi connectivity index (χ1) is 7.72. The van der Waals surface area contributed by atoms with E-state index in [2.05, 4.69) is 19.2 Å². The first-order valence-corrected chi connectivity index (χ1v) is 6.69. The van der Waals surface area contributed by atoms with Gasteiger partial charge < -0.3 is 10.1 Å². The predicted molar refractivity (Wildman–Crippen MR) is 65.5 cm³/mol. The van der Waals surface area contributed by atoms with Gasteiger partial charge in [0.1, 0.15) is 5.60 Å². The summed E-state index contributed by atoms with van der Waals surface area (Å²) in [6.45, 7) is 5.14. The van der Waals surface area contributed by atoms with Crippen molar-refractivity contribution in [3.8, 4) is 0 Å². The molecule has 0 aliphatic carbocycles. The molecule has 1 unspecified atom stereocenters. The van der Waals surface area contributed by atoms with E-state index in [4.69, 9.17) is 4.74 Å². The highest BCUT2D eigenvalue weighted by Crippen LogP contribution is 2.31. The standard InChI is InChI=1S/C13H25NO2/c1-3-5-6-7-9-13(8-4-2)10-11-14-12(15)16-13/h3-11H2,1-2H3,(H,14,15). The van der Waals surface area contributed by atoms with E-state index in [1.54, 1.807) is 0 Å². The number of cyclic esters (lactones) is 1. The summed E-state index contributed by atoms with van der Waals surface area (Å²) >= 11 is 0. The number of rotatable bonds is 7. The Bertz CT molecular complexity index is 214. The normalized spacial score (nSPS) is 25.0. The summed E-state index contributed by atoms with van der Waals surface area (Å²) in [5.41, 5.74) is -0.162. The van der Waals surface area contributed by atoms with Gasteiger partial charge in [0, 0.05) is 13.0 Å². The van der Waals surface area contributed by atoms with Crippen LogP contribution in [-0.4, -0.2) is 18.2 Å². The highest BCUT2D eigenvalue weighted by atomic mass is 16.6. The fourth-order valence-corrected chi connectivity index (χ4v) is 2.48. The topological polar surface area (TPSA) is 38.3 Å². The molecule has 0 aromatic rings. The van der Waals surface area contributed by atoms with Gasteiger partial charge in [0.15, 0.2) is 0 Å². The van der Waals surface area contributed by atoms with Gasteiger partial charge >= 0.3 is 6.09 Å². The minimum absolute atomic E-state index is 0.162. The summed E-state index contributed by atoms with van der Waals surface area (Å²) in [7, 11) is 0. The Labute approximate surface area is 98.9 Å². The van der Waals surface area contributed by atoms with Gasteiger partial charge in [0.05, 0.1) is 0 Å². The van der Waals surface area contributed by atoms with E-state index in [-0.39, 0.29) is 11.7 Å². The van der Waals surface area contributed by atoms with E-state index >= 15 is 0 Å².